The molecular weight excluding hydrogens is 270 g/mol. The molecule has 0 saturated carbocycles. The van der Waals surface area contributed by atoms with Gasteiger partial charge in [0, 0.05) is 37.7 Å². The molecule has 2 rings (SSSR count). The minimum atomic E-state index is 0.483. The number of nitrogens with zero attached hydrogens (tertiary/aromatic N) is 2. The monoisotopic (exact) mass is 297 g/mol. The van der Waals surface area contributed by atoms with Crippen LogP contribution in [-0.4, -0.2) is 37.8 Å². The molecule has 114 valence electrons. The summed E-state index contributed by atoms with van der Waals surface area (Å²) in [6.45, 7) is 10.3. The Hall–Kier alpha value is -0.650. The van der Waals surface area contributed by atoms with Gasteiger partial charge in [-0.05, 0) is 25.3 Å². The lowest BCUT2D eigenvalue weighted by Gasteiger charge is -2.30. The van der Waals surface area contributed by atoms with Crippen molar-refractivity contribution in [3.63, 3.8) is 0 Å². The van der Waals surface area contributed by atoms with Gasteiger partial charge in [0.05, 0.1) is 5.69 Å². The Morgan fingerprint density at radius 3 is 2.70 bits per heavy atom. The smallest absolute Gasteiger partial charge is 0.185 e. The number of aromatic nitrogens is 1. The van der Waals surface area contributed by atoms with Crippen molar-refractivity contribution in [2.75, 3.05) is 31.7 Å². The maximum absolute atomic E-state index is 5.45. The maximum atomic E-state index is 5.45. The van der Waals surface area contributed by atoms with Crippen LogP contribution >= 0.6 is 11.3 Å². The van der Waals surface area contributed by atoms with Crippen molar-refractivity contribution in [1.82, 2.24) is 10.3 Å². The zero-order chi connectivity index (χ0) is 14.5. The summed E-state index contributed by atoms with van der Waals surface area (Å²) in [5, 5.41) is 4.58. The third-order valence-electron chi connectivity index (χ3n) is 3.84. The van der Waals surface area contributed by atoms with Crippen molar-refractivity contribution >= 4 is 16.5 Å². The Labute approximate surface area is 126 Å². The molecule has 0 bridgehead atoms. The van der Waals surface area contributed by atoms with E-state index in [9.17, 15) is 0 Å². The molecule has 0 aromatic carbocycles. The molecule has 1 saturated heterocycles. The molecular formula is C15H27N3OS. The molecule has 0 atom stereocenters. The standard InChI is InChI=1S/C15H27N3OS/c1-5-16-10-13-14(11(2)3)17-15(20-13)18(4)12-6-8-19-9-7-12/h11-12,16H,5-10H2,1-4H3. The average molecular weight is 297 g/mol. The highest BCUT2D eigenvalue weighted by Crippen LogP contribution is 2.32. The summed E-state index contributed by atoms with van der Waals surface area (Å²) < 4.78 is 5.45. The van der Waals surface area contributed by atoms with Gasteiger partial charge in [0.15, 0.2) is 5.13 Å². The molecule has 0 unspecified atom stereocenters. The minimum Gasteiger partial charge on any atom is -0.381 e. The summed E-state index contributed by atoms with van der Waals surface area (Å²) >= 11 is 1.84. The van der Waals surface area contributed by atoms with E-state index in [-0.39, 0.29) is 0 Å². The summed E-state index contributed by atoms with van der Waals surface area (Å²) in [4.78, 5) is 8.64. The maximum Gasteiger partial charge on any atom is 0.185 e. The molecule has 4 nitrogen and oxygen atoms in total. The van der Waals surface area contributed by atoms with E-state index in [2.05, 4.69) is 38.0 Å². The van der Waals surface area contributed by atoms with E-state index in [0.717, 1.165) is 44.3 Å². The van der Waals surface area contributed by atoms with Crippen LogP contribution in [0.3, 0.4) is 0 Å². The molecule has 1 aliphatic rings. The first-order valence-electron chi connectivity index (χ1n) is 7.64. The fourth-order valence-corrected chi connectivity index (χ4v) is 3.76. The van der Waals surface area contributed by atoms with Crippen LogP contribution in [-0.2, 0) is 11.3 Å². The topological polar surface area (TPSA) is 37.4 Å². The Kier molecular flexibility index (Phi) is 5.81. The van der Waals surface area contributed by atoms with Gasteiger partial charge in [0.1, 0.15) is 0 Å². The van der Waals surface area contributed by atoms with Gasteiger partial charge in [0.2, 0.25) is 0 Å². The summed E-state index contributed by atoms with van der Waals surface area (Å²) in [5.41, 5.74) is 1.25. The zero-order valence-electron chi connectivity index (χ0n) is 13.1. The molecule has 0 amide bonds. The second-order valence-corrected chi connectivity index (χ2v) is 6.76. The Morgan fingerprint density at radius 2 is 2.10 bits per heavy atom. The summed E-state index contributed by atoms with van der Waals surface area (Å²) in [7, 11) is 2.18. The number of rotatable bonds is 6. The molecule has 1 aromatic heterocycles. The van der Waals surface area contributed by atoms with Gasteiger partial charge < -0.3 is 15.0 Å². The predicted octanol–water partition coefficient (Wildman–Crippen LogP) is 2.99. The van der Waals surface area contributed by atoms with Crippen LogP contribution in [0.25, 0.3) is 0 Å². The van der Waals surface area contributed by atoms with Crippen LogP contribution in [0, 0.1) is 0 Å². The van der Waals surface area contributed by atoms with Crippen LogP contribution in [0.2, 0.25) is 0 Å². The third kappa shape index (κ3) is 3.71. The second-order valence-electron chi connectivity index (χ2n) is 5.69. The van der Waals surface area contributed by atoms with Gasteiger partial charge in [-0.1, -0.05) is 20.8 Å². The van der Waals surface area contributed by atoms with Crippen LogP contribution in [0.1, 0.15) is 50.1 Å². The van der Waals surface area contributed by atoms with Crippen molar-refractivity contribution in [3.8, 4) is 0 Å². The van der Waals surface area contributed by atoms with E-state index in [1.807, 2.05) is 11.3 Å². The van der Waals surface area contributed by atoms with Crippen molar-refractivity contribution in [3.05, 3.63) is 10.6 Å². The highest BCUT2D eigenvalue weighted by molar-refractivity contribution is 7.15. The number of hydrogen-bond acceptors (Lipinski definition) is 5. The largest absolute Gasteiger partial charge is 0.381 e. The summed E-state index contributed by atoms with van der Waals surface area (Å²) in [6, 6.07) is 0.571. The van der Waals surface area contributed by atoms with Crippen LogP contribution in [0.4, 0.5) is 5.13 Å². The van der Waals surface area contributed by atoms with Crippen molar-refractivity contribution in [2.24, 2.45) is 0 Å². The average Bonchev–Trinajstić information content (AvgIpc) is 2.89. The van der Waals surface area contributed by atoms with Gasteiger partial charge in [-0.25, -0.2) is 4.98 Å². The molecule has 0 radical (unpaired) electrons. The molecule has 0 spiro atoms. The highest BCUT2D eigenvalue weighted by atomic mass is 32.1. The Bertz CT molecular complexity index is 413. The highest BCUT2D eigenvalue weighted by Gasteiger charge is 2.23. The summed E-state index contributed by atoms with van der Waals surface area (Å²) in [6.07, 6.45) is 2.21. The molecule has 2 heterocycles. The number of hydrogen-bond donors (Lipinski definition) is 1. The molecule has 0 aliphatic carbocycles. The first kappa shape index (κ1) is 15.7. The van der Waals surface area contributed by atoms with Crippen molar-refractivity contribution in [1.29, 1.82) is 0 Å². The fraction of sp³-hybridized carbons (Fsp3) is 0.800. The number of anilines is 1. The van der Waals surface area contributed by atoms with E-state index < -0.39 is 0 Å². The number of thiazole rings is 1. The third-order valence-corrected chi connectivity index (χ3v) is 5.00. The zero-order valence-corrected chi connectivity index (χ0v) is 13.9. The Balaban J connectivity index is 2.13. The van der Waals surface area contributed by atoms with E-state index in [1.54, 1.807) is 0 Å². The number of nitrogens with one attached hydrogen (secondary N) is 1. The first-order valence-corrected chi connectivity index (χ1v) is 8.46. The lowest BCUT2D eigenvalue weighted by molar-refractivity contribution is 0.0855. The van der Waals surface area contributed by atoms with Gasteiger partial charge >= 0.3 is 0 Å². The van der Waals surface area contributed by atoms with E-state index in [0.29, 0.717) is 12.0 Å². The van der Waals surface area contributed by atoms with Gasteiger partial charge in [-0.15, -0.1) is 11.3 Å². The first-order chi connectivity index (χ1) is 9.63. The van der Waals surface area contributed by atoms with Crippen LogP contribution in [0.15, 0.2) is 0 Å². The van der Waals surface area contributed by atoms with Crippen LogP contribution < -0.4 is 10.2 Å². The normalized spacial score (nSPS) is 16.9. The molecule has 1 fully saturated rings. The SMILES string of the molecule is CCNCc1sc(N(C)C2CCOCC2)nc1C(C)C. The summed E-state index contributed by atoms with van der Waals surface area (Å²) in [5.74, 6) is 0.483. The lowest BCUT2D eigenvalue weighted by Crippen LogP contribution is -2.36. The van der Waals surface area contributed by atoms with E-state index in [1.165, 1.54) is 10.6 Å². The molecule has 20 heavy (non-hydrogen) atoms. The van der Waals surface area contributed by atoms with Crippen molar-refractivity contribution < 1.29 is 4.74 Å². The second kappa shape index (κ2) is 7.38. The molecule has 1 N–H and O–H groups in total. The fourth-order valence-electron chi connectivity index (χ4n) is 2.55. The molecule has 5 heteroatoms. The van der Waals surface area contributed by atoms with E-state index >= 15 is 0 Å². The predicted molar refractivity (Wildman–Crippen MR) is 85.8 cm³/mol. The molecule has 1 aliphatic heterocycles. The van der Waals surface area contributed by atoms with Crippen LogP contribution in [0.5, 0.6) is 0 Å². The van der Waals surface area contributed by atoms with Gasteiger partial charge in [-0.3, -0.25) is 0 Å². The van der Waals surface area contributed by atoms with E-state index in [4.69, 9.17) is 9.72 Å². The Morgan fingerprint density at radius 1 is 1.40 bits per heavy atom. The lowest BCUT2D eigenvalue weighted by atomic mass is 10.1. The van der Waals surface area contributed by atoms with Gasteiger partial charge in [0.25, 0.3) is 0 Å². The number of ether oxygens (including phenoxy) is 1. The minimum absolute atomic E-state index is 0.483. The van der Waals surface area contributed by atoms with Gasteiger partial charge in [-0.2, -0.15) is 0 Å². The van der Waals surface area contributed by atoms with Crippen molar-refractivity contribution in [2.45, 2.75) is 52.1 Å². The molecule has 1 aromatic rings. The quantitative estimate of drug-likeness (QED) is 0.876.